The number of nitrogens with one attached hydrogen (secondary N) is 1. The molecule has 0 bridgehead atoms. The van der Waals surface area contributed by atoms with Gasteiger partial charge < -0.3 is 10.2 Å². The number of halogens is 1. The van der Waals surface area contributed by atoms with Crippen LogP contribution in [0.25, 0.3) is 0 Å². The van der Waals surface area contributed by atoms with E-state index >= 15 is 0 Å². The first-order valence-electron chi connectivity index (χ1n) is 6.90. The number of rotatable bonds is 7. The van der Waals surface area contributed by atoms with Crippen LogP contribution in [0.1, 0.15) is 18.4 Å². The molecule has 0 radical (unpaired) electrons. The summed E-state index contributed by atoms with van der Waals surface area (Å²) in [6.07, 6.45) is 2.11. The summed E-state index contributed by atoms with van der Waals surface area (Å²) in [5.74, 6) is 1.02. The third-order valence-electron chi connectivity index (χ3n) is 3.16. The Hall–Kier alpha value is -1.20. The molecule has 1 aromatic carbocycles. The monoisotopic (exact) mass is 326 g/mol. The van der Waals surface area contributed by atoms with Crippen molar-refractivity contribution >= 4 is 35.2 Å². The lowest BCUT2D eigenvalue weighted by Gasteiger charge is -2.16. The largest absolute Gasteiger partial charge is 0.352 e. The summed E-state index contributed by atoms with van der Waals surface area (Å²) in [6, 6.07) is 7.92. The normalized spacial score (nSPS) is 13.8. The fourth-order valence-corrected chi connectivity index (χ4v) is 2.80. The SMILES string of the molecule is CN(CC(=O)NC1CC1)C(=O)CSCc1ccc(Cl)cc1. The quantitative estimate of drug-likeness (QED) is 0.836. The van der Waals surface area contributed by atoms with Gasteiger partial charge in [-0.1, -0.05) is 23.7 Å². The highest BCUT2D eigenvalue weighted by Crippen LogP contribution is 2.18. The molecule has 0 saturated heterocycles. The van der Waals surface area contributed by atoms with Crippen LogP contribution in [0.15, 0.2) is 24.3 Å². The Bertz CT molecular complexity index is 503. The van der Waals surface area contributed by atoms with Crippen LogP contribution in [0.5, 0.6) is 0 Å². The summed E-state index contributed by atoms with van der Waals surface area (Å²) in [5.41, 5.74) is 1.13. The molecule has 0 aliphatic heterocycles. The lowest BCUT2D eigenvalue weighted by atomic mass is 10.2. The minimum absolute atomic E-state index is 0.0279. The van der Waals surface area contributed by atoms with Crippen LogP contribution in [0, 0.1) is 0 Å². The van der Waals surface area contributed by atoms with E-state index in [2.05, 4.69) is 5.32 Å². The second-order valence-corrected chi connectivity index (χ2v) is 6.63. The zero-order chi connectivity index (χ0) is 15.2. The molecule has 0 heterocycles. The van der Waals surface area contributed by atoms with Gasteiger partial charge in [0.15, 0.2) is 0 Å². The first kappa shape index (κ1) is 16.2. The number of hydrogen-bond donors (Lipinski definition) is 1. The smallest absolute Gasteiger partial charge is 0.239 e. The maximum atomic E-state index is 11.9. The van der Waals surface area contributed by atoms with E-state index in [0.717, 1.165) is 24.2 Å². The molecule has 2 rings (SSSR count). The van der Waals surface area contributed by atoms with E-state index in [1.807, 2.05) is 24.3 Å². The van der Waals surface area contributed by atoms with Gasteiger partial charge in [0.2, 0.25) is 11.8 Å². The van der Waals surface area contributed by atoms with E-state index in [-0.39, 0.29) is 18.4 Å². The van der Waals surface area contributed by atoms with Crippen molar-refractivity contribution in [1.29, 1.82) is 0 Å². The van der Waals surface area contributed by atoms with Gasteiger partial charge in [-0.15, -0.1) is 11.8 Å². The van der Waals surface area contributed by atoms with Gasteiger partial charge in [0.1, 0.15) is 0 Å². The molecule has 2 amide bonds. The summed E-state index contributed by atoms with van der Waals surface area (Å²) in [6.45, 7) is 0.136. The first-order valence-corrected chi connectivity index (χ1v) is 8.43. The predicted molar refractivity (Wildman–Crippen MR) is 86.4 cm³/mol. The molecule has 0 spiro atoms. The van der Waals surface area contributed by atoms with Crippen LogP contribution in [0.3, 0.4) is 0 Å². The molecule has 0 aromatic heterocycles. The number of amides is 2. The van der Waals surface area contributed by atoms with Gasteiger partial charge in [-0.3, -0.25) is 9.59 Å². The average Bonchev–Trinajstić information content (AvgIpc) is 3.24. The number of thioether (sulfide) groups is 1. The third-order valence-corrected chi connectivity index (χ3v) is 4.40. The topological polar surface area (TPSA) is 49.4 Å². The van der Waals surface area contributed by atoms with Crippen LogP contribution in [-0.2, 0) is 15.3 Å². The zero-order valence-corrected chi connectivity index (χ0v) is 13.5. The zero-order valence-electron chi connectivity index (χ0n) is 12.0. The minimum Gasteiger partial charge on any atom is -0.352 e. The highest BCUT2D eigenvalue weighted by atomic mass is 35.5. The highest BCUT2D eigenvalue weighted by molar-refractivity contribution is 7.99. The van der Waals surface area contributed by atoms with Crippen molar-refractivity contribution in [3.8, 4) is 0 Å². The van der Waals surface area contributed by atoms with E-state index in [0.29, 0.717) is 16.8 Å². The molecule has 1 aliphatic carbocycles. The van der Waals surface area contributed by atoms with Crippen LogP contribution in [0.4, 0.5) is 0 Å². The van der Waals surface area contributed by atoms with Crippen LogP contribution < -0.4 is 5.32 Å². The van der Waals surface area contributed by atoms with Crippen molar-refractivity contribution in [3.05, 3.63) is 34.9 Å². The number of carbonyl (C=O) groups excluding carboxylic acids is 2. The second-order valence-electron chi connectivity index (χ2n) is 5.21. The predicted octanol–water partition coefficient (Wildman–Crippen LogP) is 2.31. The van der Waals surface area contributed by atoms with Gasteiger partial charge in [-0.25, -0.2) is 0 Å². The van der Waals surface area contributed by atoms with Crippen molar-refractivity contribution in [2.24, 2.45) is 0 Å². The Morgan fingerprint density at radius 2 is 2.00 bits per heavy atom. The van der Waals surface area contributed by atoms with Gasteiger partial charge in [0.05, 0.1) is 12.3 Å². The van der Waals surface area contributed by atoms with E-state index in [1.54, 1.807) is 7.05 Å². The third kappa shape index (κ3) is 5.98. The van der Waals surface area contributed by atoms with Crippen molar-refractivity contribution in [3.63, 3.8) is 0 Å². The molecule has 1 N–H and O–H groups in total. The molecule has 6 heteroatoms. The molecule has 1 fully saturated rings. The molecule has 4 nitrogen and oxygen atoms in total. The Morgan fingerprint density at radius 3 is 2.62 bits per heavy atom. The summed E-state index contributed by atoms with van der Waals surface area (Å²) in [7, 11) is 1.66. The minimum atomic E-state index is -0.0731. The summed E-state index contributed by atoms with van der Waals surface area (Å²) >= 11 is 7.36. The van der Waals surface area contributed by atoms with Gasteiger partial charge in [0, 0.05) is 23.9 Å². The number of likely N-dealkylation sites (N-methyl/N-ethyl adjacent to an activating group) is 1. The molecule has 1 aliphatic rings. The van der Waals surface area contributed by atoms with E-state index in [1.165, 1.54) is 16.7 Å². The van der Waals surface area contributed by atoms with Crippen molar-refractivity contribution in [2.75, 3.05) is 19.3 Å². The summed E-state index contributed by atoms with van der Waals surface area (Å²) in [4.78, 5) is 25.0. The van der Waals surface area contributed by atoms with Crippen molar-refractivity contribution < 1.29 is 9.59 Å². The van der Waals surface area contributed by atoms with Gasteiger partial charge in [-0.05, 0) is 30.5 Å². The molecule has 114 valence electrons. The Labute approximate surface area is 134 Å². The first-order chi connectivity index (χ1) is 10.0. The Kier molecular flexibility index (Phi) is 5.94. The molecule has 21 heavy (non-hydrogen) atoms. The van der Waals surface area contributed by atoms with Crippen molar-refractivity contribution in [2.45, 2.75) is 24.6 Å². The summed E-state index contributed by atoms with van der Waals surface area (Å²) < 4.78 is 0. The van der Waals surface area contributed by atoms with E-state index in [9.17, 15) is 9.59 Å². The highest BCUT2D eigenvalue weighted by Gasteiger charge is 2.24. The molecule has 1 saturated carbocycles. The standard InChI is InChI=1S/C15H19ClN2O2S/c1-18(8-14(19)17-13-6-7-13)15(20)10-21-9-11-2-4-12(16)5-3-11/h2-5,13H,6-10H2,1H3,(H,17,19). The van der Waals surface area contributed by atoms with Gasteiger partial charge in [-0.2, -0.15) is 0 Å². The van der Waals surface area contributed by atoms with Crippen LogP contribution in [0.2, 0.25) is 5.02 Å². The molecular formula is C15H19ClN2O2S. The van der Waals surface area contributed by atoms with E-state index in [4.69, 9.17) is 11.6 Å². The molecule has 1 aromatic rings. The van der Waals surface area contributed by atoms with Gasteiger partial charge >= 0.3 is 0 Å². The lowest BCUT2D eigenvalue weighted by molar-refractivity contribution is -0.132. The maximum absolute atomic E-state index is 11.9. The fourth-order valence-electron chi connectivity index (χ4n) is 1.75. The second kappa shape index (κ2) is 7.71. The number of carbonyl (C=O) groups is 2. The molecule has 0 unspecified atom stereocenters. The Balaban J connectivity index is 1.65. The number of hydrogen-bond acceptors (Lipinski definition) is 3. The van der Waals surface area contributed by atoms with Crippen LogP contribution >= 0.6 is 23.4 Å². The number of benzene rings is 1. The fraction of sp³-hybridized carbons (Fsp3) is 0.467. The lowest BCUT2D eigenvalue weighted by Crippen LogP contribution is -2.39. The van der Waals surface area contributed by atoms with Crippen LogP contribution in [-0.4, -0.2) is 42.1 Å². The molecular weight excluding hydrogens is 308 g/mol. The summed E-state index contributed by atoms with van der Waals surface area (Å²) in [5, 5.41) is 3.58. The van der Waals surface area contributed by atoms with Gasteiger partial charge in [0.25, 0.3) is 0 Å². The van der Waals surface area contributed by atoms with E-state index < -0.39 is 0 Å². The maximum Gasteiger partial charge on any atom is 0.239 e. The van der Waals surface area contributed by atoms with Crippen molar-refractivity contribution in [1.82, 2.24) is 10.2 Å². The number of nitrogens with zero attached hydrogens (tertiary/aromatic N) is 1. The average molecular weight is 327 g/mol. The Morgan fingerprint density at radius 1 is 1.33 bits per heavy atom. The molecule has 0 atom stereocenters.